The minimum absolute atomic E-state index is 0.178. The highest BCUT2D eigenvalue weighted by Gasteiger charge is 2.06. The molecule has 0 aliphatic heterocycles. The summed E-state index contributed by atoms with van der Waals surface area (Å²) < 4.78 is 12.9. The Balaban J connectivity index is 2.00. The molecule has 0 bridgehead atoms. The molecule has 1 atom stereocenters. The second kappa shape index (κ2) is 7.09. The van der Waals surface area contributed by atoms with Crippen LogP contribution in [-0.2, 0) is 12.8 Å². The van der Waals surface area contributed by atoms with E-state index in [2.05, 4.69) is 43.4 Å². The normalized spacial score (nSPS) is 12.2. The fraction of sp³-hybridized carbons (Fsp3) is 0.333. The van der Waals surface area contributed by atoms with E-state index in [9.17, 15) is 4.39 Å². The lowest BCUT2D eigenvalue weighted by molar-refractivity contribution is 0.626. The van der Waals surface area contributed by atoms with Gasteiger partial charge in [0.1, 0.15) is 5.82 Å². The van der Waals surface area contributed by atoms with E-state index >= 15 is 0 Å². The molecule has 106 valence electrons. The lowest BCUT2D eigenvalue weighted by atomic mass is 10.0. The Bertz CT molecular complexity index is 533. The Labute approximate surface area is 120 Å². The van der Waals surface area contributed by atoms with Crippen LogP contribution in [0.1, 0.15) is 31.4 Å². The van der Waals surface area contributed by atoms with Crippen LogP contribution in [0.5, 0.6) is 0 Å². The van der Waals surface area contributed by atoms with Crippen LogP contribution >= 0.6 is 0 Å². The van der Waals surface area contributed by atoms with Gasteiger partial charge in [-0.1, -0.05) is 43.7 Å². The first-order valence-corrected chi connectivity index (χ1v) is 7.28. The maximum Gasteiger partial charge on any atom is 0.123 e. The number of aryl methyl sites for hydroxylation is 1. The van der Waals surface area contributed by atoms with Gasteiger partial charge in [0.05, 0.1) is 0 Å². The fourth-order valence-corrected chi connectivity index (χ4v) is 2.44. The van der Waals surface area contributed by atoms with E-state index in [4.69, 9.17) is 0 Å². The standard InChI is InChI=1S/C18H22FN/c1-3-6-16-7-4-5-8-18(16)20-14(2)13-15-9-11-17(19)12-10-15/h4-5,7-12,14,20H,3,6,13H2,1-2H3. The zero-order chi connectivity index (χ0) is 14.4. The maximum atomic E-state index is 12.9. The summed E-state index contributed by atoms with van der Waals surface area (Å²) in [6, 6.07) is 15.5. The predicted octanol–water partition coefficient (Wildman–Crippen LogP) is 4.82. The SMILES string of the molecule is CCCc1ccccc1NC(C)Cc1ccc(F)cc1. The monoisotopic (exact) mass is 271 g/mol. The lowest BCUT2D eigenvalue weighted by Crippen LogP contribution is -2.19. The molecule has 0 fully saturated rings. The third kappa shape index (κ3) is 4.09. The van der Waals surface area contributed by atoms with Crippen molar-refractivity contribution >= 4 is 5.69 Å². The van der Waals surface area contributed by atoms with Crippen LogP contribution in [0.25, 0.3) is 0 Å². The minimum Gasteiger partial charge on any atom is -0.382 e. The van der Waals surface area contributed by atoms with Gasteiger partial charge in [0.25, 0.3) is 0 Å². The Morgan fingerprint density at radius 3 is 2.45 bits per heavy atom. The molecule has 0 radical (unpaired) electrons. The Kier molecular flexibility index (Phi) is 5.16. The first-order chi connectivity index (χ1) is 9.69. The molecule has 0 saturated carbocycles. The number of benzene rings is 2. The smallest absolute Gasteiger partial charge is 0.123 e. The molecule has 0 aromatic heterocycles. The average molecular weight is 271 g/mol. The van der Waals surface area contributed by atoms with Crippen molar-refractivity contribution in [3.8, 4) is 0 Å². The molecular formula is C18H22FN. The summed E-state index contributed by atoms with van der Waals surface area (Å²) in [7, 11) is 0. The molecule has 0 aliphatic carbocycles. The van der Waals surface area contributed by atoms with Gasteiger partial charge in [0.2, 0.25) is 0 Å². The number of anilines is 1. The largest absolute Gasteiger partial charge is 0.382 e. The third-order valence-electron chi connectivity index (χ3n) is 3.39. The molecule has 2 aromatic rings. The summed E-state index contributed by atoms with van der Waals surface area (Å²) in [6.07, 6.45) is 3.12. The van der Waals surface area contributed by atoms with Crippen molar-refractivity contribution in [1.29, 1.82) is 0 Å². The number of para-hydroxylation sites is 1. The van der Waals surface area contributed by atoms with E-state index < -0.39 is 0 Å². The highest BCUT2D eigenvalue weighted by Crippen LogP contribution is 2.19. The molecule has 2 rings (SSSR count). The van der Waals surface area contributed by atoms with Crippen molar-refractivity contribution in [2.45, 2.75) is 39.2 Å². The number of rotatable bonds is 6. The maximum absolute atomic E-state index is 12.9. The van der Waals surface area contributed by atoms with Crippen LogP contribution in [0.15, 0.2) is 48.5 Å². The van der Waals surface area contributed by atoms with Crippen molar-refractivity contribution < 1.29 is 4.39 Å². The molecule has 0 amide bonds. The van der Waals surface area contributed by atoms with Gasteiger partial charge in [-0.25, -0.2) is 4.39 Å². The van der Waals surface area contributed by atoms with Crippen LogP contribution in [0, 0.1) is 5.82 Å². The van der Waals surface area contributed by atoms with Gasteiger partial charge in [0.15, 0.2) is 0 Å². The van der Waals surface area contributed by atoms with Crippen LogP contribution in [0.4, 0.5) is 10.1 Å². The molecule has 1 N–H and O–H groups in total. The fourth-order valence-electron chi connectivity index (χ4n) is 2.44. The summed E-state index contributed by atoms with van der Waals surface area (Å²) in [5.74, 6) is -0.178. The van der Waals surface area contributed by atoms with Crippen molar-refractivity contribution in [3.63, 3.8) is 0 Å². The molecule has 0 aliphatic rings. The summed E-state index contributed by atoms with van der Waals surface area (Å²) >= 11 is 0. The van der Waals surface area contributed by atoms with Gasteiger partial charge in [-0.3, -0.25) is 0 Å². The second-order valence-corrected chi connectivity index (χ2v) is 5.28. The number of hydrogen-bond acceptors (Lipinski definition) is 1. The van der Waals surface area contributed by atoms with Crippen molar-refractivity contribution in [3.05, 3.63) is 65.5 Å². The lowest BCUT2D eigenvalue weighted by Gasteiger charge is -2.18. The van der Waals surface area contributed by atoms with E-state index in [0.717, 1.165) is 24.8 Å². The molecule has 2 aromatic carbocycles. The van der Waals surface area contributed by atoms with Crippen molar-refractivity contribution in [1.82, 2.24) is 0 Å². The molecule has 1 nitrogen and oxygen atoms in total. The predicted molar refractivity (Wildman–Crippen MR) is 83.6 cm³/mol. The van der Waals surface area contributed by atoms with Crippen LogP contribution in [-0.4, -0.2) is 6.04 Å². The quantitative estimate of drug-likeness (QED) is 0.794. The van der Waals surface area contributed by atoms with E-state index in [-0.39, 0.29) is 5.82 Å². The Morgan fingerprint density at radius 2 is 1.75 bits per heavy atom. The highest BCUT2D eigenvalue weighted by molar-refractivity contribution is 5.52. The Morgan fingerprint density at radius 1 is 1.05 bits per heavy atom. The van der Waals surface area contributed by atoms with Gasteiger partial charge in [-0.05, 0) is 49.1 Å². The van der Waals surface area contributed by atoms with Gasteiger partial charge in [-0.2, -0.15) is 0 Å². The van der Waals surface area contributed by atoms with Gasteiger partial charge >= 0.3 is 0 Å². The average Bonchev–Trinajstić information content (AvgIpc) is 2.44. The molecule has 0 saturated heterocycles. The molecule has 0 spiro atoms. The van der Waals surface area contributed by atoms with E-state index in [1.165, 1.54) is 23.4 Å². The van der Waals surface area contributed by atoms with Crippen molar-refractivity contribution in [2.24, 2.45) is 0 Å². The van der Waals surface area contributed by atoms with Gasteiger partial charge < -0.3 is 5.32 Å². The topological polar surface area (TPSA) is 12.0 Å². The van der Waals surface area contributed by atoms with E-state index in [1.54, 1.807) is 0 Å². The number of nitrogens with one attached hydrogen (secondary N) is 1. The van der Waals surface area contributed by atoms with Crippen LogP contribution in [0.3, 0.4) is 0 Å². The molecule has 1 unspecified atom stereocenters. The van der Waals surface area contributed by atoms with Gasteiger partial charge in [-0.15, -0.1) is 0 Å². The highest BCUT2D eigenvalue weighted by atomic mass is 19.1. The summed E-state index contributed by atoms with van der Waals surface area (Å²) in [4.78, 5) is 0. The third-order valence-corrected chi connectivity index (χ3v) is 3.39. The molecular weight excluding hydrogens is 249 g/mol. The zero-order valence-electron chi connectivity index (χ0n) is 12.2. The minimum atomic E-state index is -0.178. The van der Waals surface area contributed by atoms with Crippen LogP contribution in [0.2, 0.25) is 0 Å². The number of halogens is 1. The summed E-state index contributed by atoms with van der Waals surface area (Å²) in [5.41, 5.74) is 3.73. The summed E-state index contributed by atoms with van der Waals surface area (Å²) in [6.45, 7) is 4.35. The number of hydrogen-bond donors (Lipinski definition) is 1. The second-order valence-electron chi connectivity index (χ2n) is 5.28. The van der Waals surface area contributed by atoms with E-state index in [1.807, 2.05) is 12.1 Å². The summed E-state index contributed by atoms with van der Waals surface area (Å²) in [5, 5.41) is 3.56. The first-order valence-electron chi connectivity index (χ1n) is 7.28. The van der Waals surface area contributed by atoms with Crippen LogP contribution < -0.4 is 5.32 Å². The molecule has 2 heteroatoms. The molecule has 20 heavy (non-hydrogen) atoms. The molecule has 0 heterocycles. The Hall–Kier alpha value is -1.83. The first kappa shape index (κ1) is 14.6. The zero-order valence-corrected chi connectivity index (χ0v) is 12.2. The van der Waals surface area contributed by atoms with E-state index in [0.29, 0.717) is 6.04 Å². The van der Waals surface area contributed by atoms with Crippen molar-refractivity contribution in [2.75, 3.05) is 5.32 Å². The van der Waals surface area contributed by atoms with Gasteiger partial charge in [0, 0.05) is 11.7 Å².